The zero-order valence-electron chi connectivity index (χ0n) is 32.3. The average Bonchev–Trinajstić information content (AvgIpc) is 4.03. The molecule has 0 aliphatic heterocycles. The Hall–Kier alpha value is -6.84. The molecule has 14 heteroatoms. The van der Waals surface area contributed by atoms with Crippen molar-refractivity contribution in [2.45, 2.75) is 61.2 Å². The highest BCUT2D eigenvalue weighted by Gasteiger charge is 2.64. The van der Waals surface area contributed by atoms with Crippen LogP contribution < -0.4 is 20.9 Å². The van der Waals surface area contributed by atoms with Gasteiger partial charge in [-0.15, -0.1) is 0 Å². The molecule has 10 rings (SSSR count). The molecule has 2 aliphatic carbocycles. The first kappa shape index (κ1) is 37.4. The van der Waals surface area contributed by atoms with Gasteiger partial charge in [0.15, 0.2) is 0 Å². The van der Waals surface area contributed by atoms with Crippen LogP contribution in [0.15, 0.2) is 134 Å². The van der Waals surface area contributed by atoms with Crippen LogP contribution in [-0.2, 0) is 0 Å². The lowest BCUT2D eigenvalue weighted by atomic mass is 9.78. The van der Waals surface area contributed by atoms with Crippen LogP contribution in [-0.4, -0.2) is 72.9 Å². The summed E-state index contributed by atoms with van der Waals surface area (Å²) in [6.07, 6.45) is 3.85. The number of ether oxygens (including phenoxy) is 2. The third-order valence-electron chi connectivity index (χ3n) is 12.3. The molecule has 0 amide bonds. The number of fused-ring (bicyclic) bond motifs is 2. The minimum Gasteiger partial charge on any atom is -0.457 e. The molecule has 2 saturated carbocycles. The van der Waals surface area contributed by atoms with E-state index in [1.165, 1.54) is 12.7 Å². The maximum absolute atomic E-state index is 12.4. The Morgan fingerprint density at radius 2 is 1.05 bits per heavy atom. The second-order valence-electron chi connectivity index (χ2n) is 15.8. The van der Waals surface area contributed by atoms with Gasteiger partial charge in [-0.2, -0.15) is 0 Å². The number of benzene rings is 4. The van der Waals surface area contributed by atoms with E-state index in [-0.39, 0.29) is 31.1 Å². The van der Waals surface area contributed by atoms with Crippen molar-refractivity contribution >= 4 is 33.7 Å². The van der Waals surface area contributed by atoms with Gasteiger partial charge >= 0.3 is 0 Å². The maximum Gasteiger partial charge on any atom is 0.146 e. The predicted octanol–water partition coefficient (Wildman–Crippen LogP) is 6.81. The van der Waals surface area contributed by atoms with Crippen LogP contribution in [0, 0.1) is 0 Å². The van der Waals surface area contributed by atoms with Crippen molar-refractivity contribution in [1.29, 1.82) is 0 Å². The molecule has 0 radical (unpaired) electrons. The fourth-order valence-electron chi connectivity index (χ4n) is 9.25. The number of para-hydroxylation sites is 2. The first-order valence-corrected chi connectivity index (χ1v) is 19.8. The SMILES string of the molecule is Nc1ncnc2c1c(-c1ccc(Oc3ccccc3)cc1)cn2C1CCC(O)(C2(O)CC(n3cc(-c4ccc(Oc5ccccc5)cc4)c4c(N)ncnc43)C(O)C2O)C1. The summed E-state index contributed by atoms with van der Waals surface area (Å²) in [6, 6.07) is 32.9. The Balaban J connectivity index is 0.937. The summed E-state index contributed by atoms with van der Waals surface area (Å²) in [5.74, 6) is 3.29. The van der Waals surface area contributed by atoms with Gasteiger partial charge in [0, 0.05) is 36.0 Å². The number of nitrogens with zero attached hydrogens (tertiary/aromatic N) is 6. The molecular weight excluding hydrogens is 761 g/mol. The van der Waals surface area contributed by atoms with Crippen molar-refractivity contribution in [1.82, 2.24) is 29.1 Å². The molecule has 8 aromatic rings. The highest BCUT2D eigenvalue weighted by Crippen LogP contribution is 2.54. The van der Waals surface area contributed by atoms with Crippen LogP contribution in [0.2, 0.25) is 0 Å². The van der Waals surface area contributed by atoms with Gasteiger partial charge in [0.2, 0.25) is 0 Å². The first-order chi connectivity index (χ1) is 29.1. The Morgan fingerprint density at radius 3 is 1.57 bits per heavy atom. The van der Waals surface area contributed by atoms with Gasteiger partial charge in [-0.05, 0) is 78.9 Å². The van der Waals surface area contributed by atoms with Gasteiger partial charge in [0.1, 0.15) is 76.4 Å². The maximum atomic E-state index is 12.4. The third-order valence-corrected chi connectivity index (χ3v) is 12.3. The topological polar surface area (TPSA) is 213 Å². The normalized spacial score (nSPS) is 24.0. The molecule has 0 bridgehead atoms. The molecule has 0 spiro atoms. The standard InChI is InChI=1S/C46H42N8O6/c47-41-37-34(27-11-15-32(16-12-27)59-30-7-3-1-4-8-30)23-53(43(37)51-25-49-41)29-19-20-45(57,21-29)46(58)22-36(39(55)40(46)56)54-24-35(38-42(48)50-26-52-44(38)54)28-13-17-33(18-14-28)60-31-9-5-2-6-10-31/h1-18,23-26,29,36,39-40,55-58H,19-22H2,(H2,47,49,51)(H2,48,50,52). The monoisotopic (exact) mass is 802 g/mol. The van der Waals surface area contributed by atoms with E-state index in [0.29, 0.717) is 57.1 Å². The summed E-state index contributed by atoms with van der Waals surface area (Å²) in [5.41, 5.74) is 13.2. The molecule has 4 aromatic carbocycles. The molecule has 4 aromatic heterocycles. The fraction of sp³-hybridized carbons (Fsp3) is 0.217. The van der Waals surface area contributed by atoms with Crippen LogP contribution in [0.1, 0.15) is 37.8 Å². The third kappa shape index (κ3) is 6.19. The van der Waals surface area contributed by atoms with Gasteiger partial charge in [-0.3, -0.25) is 0 Å². The molecule has 302 valence electrons. The number of aliphatic hydroxyl groups excluding tert-OH is 2. The summed E-state index contributed by atoms with van der Waals surface area (Å²) in [6.45, 7) is 0. The number of aliphatic hydroxyl groups is 4. The zero-order chi connectivity index (χ0) is 41.2. The lowest BCUT2D eigenvalue weighted by Gasteiger charge is -2.41. The molecular formula is C46H42N8O6. The smallest absolute Gasteiger partial charge is 0.146 e. The number of nitrogens with two attached hydrogens (primary N) is 2. The van der Waals surface area contributed by atoms with E-state index < -0.39 is 29.5 Å². The first-order valence-electron chi connectivity index (χ1n) is 19.8. The van der Waals surface area contributed by atoms with E-state index in [9.17, 15) is 20.4 Å². The lowest BCUT2D eigenvalue weighted by molar-refractivity contribution is -0.198. The number of hydrogen-bond donors (Lipinski definition) is 6. The van der Waals surface area contributed by atoms with Crippen molar-refractivity contribution in [3.05, 3.63) is 134 Å². The summed E-state index contributed by atoms with van der Waals surface area (Å²) in [4.78, 5) is 17.7. The molecule has 4 heterocycles. The van der Waals surface area contributed by atoms with E-state index in [0.717, 1.165) is 22.4 Å². The van der Waals surface area contributed by atoms with Crippen LogP contribution in [0.25, 0.3) is 44.3 Å². The summed E-state index contributed by atoms with van der Waals surface area (Å²) >= 11 is 0. The van der Waals surface area contributed by atoms with Gasteiger partial charge < -0.3 is 50.5 Å². The van der Waals surface area contributed by atoms with E-state index in [4.69, 9.17) is 20.9 Å². The van der Waals surface area contributed by atoms with Gasteiger partial charge in [-0.25, -0.2) is 19.9 Å². The second kappa shape index (κ2) is 14.5. The summed E-state index contributed by atoms with van der Waals surface area (Å²) in [7, 11) is 0. The second-order valence-corrected chi connectivity index (χ2v) is 15.8. The number of rotatable bonds is 9. The minimum atomic E-state index is -2.09. The Bertz CT molecular complexity index is 2840. The molecule has 2 aliphatic rings. The van der Waals surface area contributed by atoms with E-state index in [2.05, 4.69) is 19.9 Å². The van der Waals surface area contributed by atoms with Crippen LogP contribution in [0.3, 0.4) is 0 Å². The zero-order valence-corrected chi connectivity index (χ0v) is 32.3. The largest absolute Gasteiger partial charge is 0.457 e. The number of hydrogen-bond acceptors (Lipinski definition) is 12. The van der Waals surface area contributed by atoms with Gasteiger partial charge in [-0.1, -0.05) is 60.7 Å². The molecule has 6 atom stereocenters. The molecule has 6 unspecified atom stereocenters. The number of aromatic nitrogens is 6. The van der Waals surface area contributed by atoms with Gasteiger partial charge in [0.05, 0.1) is 22.4 Å². The van der Waals surface area contributed by atoms with Crippen LogP contribution in [0.4, 0.5) is 11.6 Å². The average molecular weight is 803 g/mol. The number of nitrogen functional groups attached to an aromatic ring is 2. The Morgan fingerprint density at radius 1 is 0.583 bits per heavy atom. The van der Waals surface area contributed by atoms with Crippen molar-refractivity contribution < 1.29 is 29.9 Å². The predicted molar refractivity (Wildman–Crippen MR) is 226 cm³/mol. The van der Waals surface area contributed by atoms with E-state index in [1.807, 2.05) is 120 Å². The van der Waals surface area contributed by atoms with Crippen molar-refractivity contribution in [3.8, 4) is 45.3 Å². The summed E-state index contributed by atoms with van der Waals surface area (Å²) < 4.78 is 15.7. The molecule has 0 saturated heterocycles. The summed E-state index contributed by atoms with van der Waals surface area (Å²) in [5, 5.41) is 49.5. The van der Waals surface area contributed by atoms with Crippen LogP contribution >= 0.6 is 0 Å². The molecule has 2 fully saturated rings. The quantitative estimate of drug-likeness (QED) is 0.0888. The Labute approximate surface area is 344 Å². The lowest BCUT2D eigenvalue weighted by Crippen LogP contribution is -2.59. The highest BCUT2D eigenvalue weighted by molar-refractivity contribution is 6.01. The molecule has 60 heavy (non-hydrogen) atoms. The number of anilines is 2. The highest BCUT2D eigenvalue weighted by atomic mass is 16.5. The Kier molecular flexibility index (Phi) is 9.02. The molecule has 14 nitrogen and oxygen atoms in total. The fourth-order valence-corrected chi connectivity index (χ4v) is 9.25. The van der Waals surface area contributed by atoms with E-state index >= 15 is 0 Å². The van der Waals surface area contributed by atoms with Crippen LogP contribution in [0.5, 0.6) is 23.0 Å². The van der Waals surface area contributed by atoms with Crippen molar-refractivity contribution in [2.24, 2.45) is 0 Å². The van der Waals surface area contributed by atoms with Crippen molar-refractivity contribution in [3.63, 3.8) is 0 Å². The van der Waals surface area contributed by atoms with Gasteiger partial charge in [0.25, 0.3) is 0 Å². The van der Waals surface area contributed by atoms with E-state index in [1.54, 1.807) is 10.8 Å². The molecule has 8 N–H and O–H groups in total. The minimum absolute atomic E-state index is 0.0706. The van der Waals surface area contributed by atoms with Crippen molar-refractivity contribution in [2.75, 3.05) is 11.5 Å².